The van der Waals surface area contributed by atoms with Gasteiger partial charge in [-0.2, -0.15) is 13.2 Å². The molecule has 0 aromatic heterocycles. The maximum Gasteiger partial charge on any atom is 0.419 e. The Hall–Kier alpha value is -1.14. The normalized spacial score (nSPS) is 20.7. The van der Waals surface area contributed by atoms with Gasteiger partial charge in [0.1, 0.15) is 5.82 Å². The van der Waals surface area contributed by atoms with Crippen LogP contribution in [0.3, 0.4) is 0 Å². The molecule has 0 radical (unpaired) electrons. The first kappa shape index (κ1) is 16.2. The van der Waals surface area contributed by atoms with Crippen molar-refractivity contribution in [1.82, 2.24) is 5.32 Å². The van der Waals surface area contributed by atoms with Crippen molar-refractivity contribution < 1.29 is 22.3 Å². The van der Waals surface area contributed by atoms with E-state index in [4.69, 9.17) is 4.74 Å². The summed E-state index contributed by atoms with van der Waals surface area (Å²) in [4.78, 5) is 0. The fraction of sp³-hybridized carbons (Fsp3) is 0.600. The molecule has 2 rings (SSSR count). The monoisotopic (exact) mass is 305 g/mol. The lowest BCUT2D eigenvalue weighted by Gasteiger charge is -2.22. The summed E-state index contributed by atoms with van der Waals surface area (Å²) in [6, 6.07) is 2.93. The molecule has 1 N–H and O–H groups in total. The van der Waals surface area contributed by atoms with Gasteiger partial charge in [0.15, 0.2) is 0 Å². The molecule has 1 aromatic carbocycles. The quantitative estimate of drug-likeness (QED) is 0.828. The molecule has 2 unspecified atom stereocenters. The van der Waals surface area contributed by atoms with Crippen molar-refractivity contribution in [2.75, 3.05) is 13.2 Å². The topological polar surface area (TPSA) is 21.3 Å². The maximum atomic E-state index is 13.7. The number of hydrogen-bond donors (Lipinski definition) is 1. The molecule has 2 nitrogen and oxygen atoms in total. The van der Waals surface area contributed by atoms with E-state index in [0.29, 0.717) is 25.1 Å². The molecule has 6 heteroatoms. The lowest BCUT2D eigenvalue weighted by atomic mass is 9.97. The first-order valence-corrected chi connectivity index (χ1v) is 7.13. The second-order valence-electron chi connectivity index (χ2n) is 5.22. The van der Waals surface area contributed by atoms with Crippen LogP contribution in [-0.2, 0) is 10.9 Å². The fourth-order valence-electron chi connectivity index (χ4n) is 2.65. The van der Waals surface area contributed by atoms with Crippen LogP contribution in [0, 0.1) is 5.82 Å². The molecule has 0 amide bonds. The summed E-state index contributed by atoms with van der Waals surface area (Å²) >= 11 is 0. The van der Waals surface area contributed by atoms with Crippen molar-refractivity contribution >= 4 is 0 Å². The predicted octanol–water partition coefficient (Wildman–Crippen LogP) is 4.06. The predicted molar refractivity (Wildman–Crippen MR) is 71.4 cm³/mol. The molecule has 0 saturated carbocycles. The second-order valence-corrected chi connectivity index (χ2v) is 5.22. The Labute approximate surface area is 121 Å². The molecule has 2 atom stereocenters. The lowest BCUT2D eigenvalue weighted by Crippen LogP contribution is -2.25. The third-order valence-electron chi connectivity index (χ3n) is 3.67. The number of benzene rings is 1. The zero-order valence-electron chi connectivity index (χ0n) is 11.8. The van der Waals surface area contributed by atoms with E-state index in [-0.39, 0.29) is 12.1 Å². The molecule has 1 heterocycles. The van der Waals surface area contributed by atoms with Gasteiger partial charge in [-0.3, -0.25) is 0 Å². The van der Waals surface area contributed by atoms with Crippen LogP contribution in [0.4, 0.5) is 17.6 Å². The van der Waals surface area contributed by atoms with Crippen molar-refractivity contribution in [1.29, 1.82) is 0 Å². The SMILES string of the molecule is CCNC(CC1CCCO1)c1ccc(C(F)(F)F)c(F)c1. The molecule has 1 aliphatic rings. The number of ether oxygens (including phenoxy) is 1. The first-order chi connectivity index (χ1) is 9.91. The van der Waals surface area contributed by atoms with Gasteiger partial charge < -0.3 is 10.1 Å². The van der Waals surface area contributed by atoms with Crippen molar-refractivity contribution in [3.63, 3.8) is 0 Å². The molecule has 118 valence electrons. The van der Waals surface area contributed by atoms with Crippen molar-refractivity contribution in [3.8, 4) is 0 Å². The highest BCUT2D eigenvalue weighted by Crippen LogP contribution is 2.33. The average molecular weight is 305 g/mol. The molecule has 1 fully saturated rings. The van der Waals surface area contributed by atoms with Gasteiger partial charge in [-0.05, 0) is 43.5 Å². The number of nitrogens with one attached hydrogen (secondary N) is 1. The number of hydrogen-bond acceptors (Lipinski definition) is 2. The van der Waals surface area contributed by atoms with Gasteiger partial charge in [-0.25, -0.2) is 4.39 Å². The highest BCUT2D eigenvalue weighted by atomic mass is 19.4. The average Bonchev–Trinajstić information content (AvgIpc) is 2.89. The maximum absolute atomic E-state index is 13.7. The van der Waals surface area contributed by atoms with E-state index in [1.165, 1.54) is 6.07 Å². The minimum absolute atomic E-state index is 0.0828. The van der Waals surface area contributed by atoms with E-state index in [2.05, 4.69) is 5.32 Å². The van der Waals surface area contributed by atoms with E-state index < -0.39 is 17.6 Å². The summed E-state index contributed by atoms with van der Waals surface area (Å²) in [7, 11) is 0. The Morgan fingerprint density at radius 3 is 2.67 bits per heavy atom. The van der Waals surface area contributed by atoms with Crippen LogP contribution in [0.2, 0.25) is 0 Å². The van der Waals surface area contributed by atoms with Gasteiger partial charge in [-0.15, -0.1) is 0 Å². The zero-order chi connectivity index (χ0) is 15.5. The first-order valence-electron chi connectivity index (χ1n) is 7.13. The number of alkyl halides is 3. The van der Waals surface area contributed by atoms with E-state index in [0.717, 1.165) is 25.0 Å². The lowest BCUT2D eigenvalue weighted by molar-refractivity contribution is -0.140. The summed E-state index contributed by atoms with van der Waals surface area (Å²) in [6.07, 6.45) is -2.02. The van der Waals surface area contributed by atoms with E-state index >= 15 is 0 Å². The van der Waals surface area contributed by atoms with Gasteiger partial charge >= 0.3 is 6.18 Å². The highest BCUT2D eigenvalue weighted by Gasteiger charge is 2.34. The van der Waals surface area contributed by atoms with Crippen molar-refractivity contribution in [2.24, 2.45) is 0 Å². The minimum atomic E-state index is -4.66. The summed E-state index contributed by atoms with van der Waals surface area (Å²) < 4.78 is 57.0. The largest absolute Gasteiger partial charge is 0.419 e. The smallest absolute Gasteiger partial charge is 0.378 e. The standard InChI is InChI=1S/C15H19F4NO/c1-2-20-14(9-11-4-3-7-21-11)10-5-6-12(13(16)8-10)15(17,18)19/h5-6,8,11,14,20H,2-4,7,9H2,1H3. The van der Waals surface area contributed by atoms with Crippen LogP contribution < -0.4 is 5.32 Å². The zero-order valence-corrected chi connectivity index (χ0v) is 11.8. The van der Waals surface area contributed by atoms with E-state index in [9.17, 15) is 17.6 Å². The summed E-state index contributed by atoms with van der Waals surface area (Å²) in [5, 5.41) is 3.18. The molecule has 0 spiro atoms. The Morgan fingerprint density at radius 2 is 2.14 bits per heavy atom. The van der Waals surface area contributed by atoms with Gasteiger partial charge in [-0.1, -0.05) is 13.0 Å². The highest BCUT2D eigenvalue weighted by molar-refractivity contribution is 5.28. The second kappa shape index (κ2) is 6.75. The summed E-state index contributed by atoms with van der Waals surface area (Å²) in [5.41, 5.74) is -0.698. The molecule has 1 saturated heterocycles. The minimum Gasteiger partial charge on any atom is -0.378 e. The van der Waals surface area contributed by atoms with Crippen molar-refractivity contribution in [3.05, 3.63) is 35.1 Å². The Kier molecular flexibility index (Phi) is 5.22. The third kappa shape index (κ3) is 4.17. The summed E-state index contributed by atoms with van der Waals surface area (Å²) in [6.45, 7) is 3.27. The van der Waals surface area contributed by atoms with Crippen molar-refractivity contribution in [2.45, 2.75) is 44.5 Å². The van der Waals surface area contributed by atoms with E-state index in [1.807, 2.05) is 6.92 Å². The Balaban J connectivity index is 2.17. The van der Waals surface area contributed by atoms with Gasteiger partial charge in [0.25, 0.3) is 0 Å². The molecule has 1 aromatic rings. The number of halogens is 4. The molecule has 21 heavy (non-hydrogen) atoms. The molecular weight excluding hydrogens is 286 g/mol. The van der Waals surface area contributed by atoms with Crippen LogP contribution in [0.1, 0.15) is 43.4 Å². The van der Waals surface area contributed by atoms with Gasteiger partial charge in [0, 0.05) is 12.6 Å². The number of rotatable bonds is 5. The molecule has 1 aliphatic heterocycles. The van der Waals surface area contributed by atoms with Gasteiger partial charge in [0.05, 0.1) is 11.7 Å². The third-order valence-corrected chi connectivity index (χ3v) is 3.67. The van der Waals surface area contributed by atoms with Crippen LogP contribution in [0.15, 0.2) is 18.2 Å². The van der Waals surface area contributed by atoms with Crippen LogP contribution >= 0.6 is 0 Å². The summed E-state index contributed by atoms with van der Waals surface area (Å²) in [5.74, 6) is -1.23. The Bertz CT molecular complexity index is 469. The van der Waals surface area contributed by atoms with Crippen LogP contribution in [0.25, 0.3) is 0 Å². The Morgan fingerprint density at radius 1 is 1.38 bits per heavy atom. The van der Waals surface area contributed by atoms with E-state index in [1.54, 1.807) is 0 Å². The fourth-order valence-corrected chi connectivity index (χ4v) is 2.65. The molecular formula is C15H19F4NO. The van der Waals surface area contributed by atoms with Crippen LogP contribution in [0.5, 0.6) is 0 Å². The van der Waals surface area contributed by atoms with Crippen LogP contribution in [-0.4, -0.2) is 19.3 Å². The molecule has 0 aliphatic carbocycles. The molecule has 0 bridgehead atoms. The van der Waals surface area contributed by atoms with Gasteiger partial charge in [0.2, 0.25) is 0 Å².